The van der Waals surface area contributed by atoms with Crippen LogP contribution in [0.25, 0.3) is 10.6 Å². The van der Waals surface area contributed by atoms with Crippen molar-refractivity contribution in [3.63, 3.8) is 0 Å². The summed E-state index contributed by atoms with van der Waals surface area (Å²) in [6, 6.07) is 8.00. The zero-order chi connectivity index (χ0) is 16.2. The standard InChI is InChI=1S/C17H19N3O2S/c1-12-9-19-17(23-12)14-5-13(8-18)6-16(7-14)22-11-15-10-21-4-3-20(15)2/h5-7,9,15H,3-4,10-11H2,1-2H3/t15-/m1/s1. The summed E-state index contributed by atoms with van der Waals surface area (Å²) < 4.78 is 11.4. The lowest BCUT2D eigenvalue weighted by Gasteiger charge is -2.32. The Labute approximate surface area is 140 Å². The second kappa shape index (κ2) is 7.09. The van der Waals surface area contributed by atoms with Crippen molar-refractivity contribution in [3.05, 3.63) is 34.8 Å². The Kier molecular flexibility index (Phi) is 4.91. The van der Waals surface area contributed by atoms with Gasteiger partial charge in [-0.2, -0.15) is 5.26 Å². The largest absolute Gasteiger partial charge is 0.492 e. The van der Waals surface area contributed by atoms with Crippen molar-refractivity contribution in [2.45, 2.75) is 13.0 Å². The summed E-state index contributed by atoms with van der Waals surface area (Å²) >= 11 is 1.61. The first-order chi connectivity index (χ1) is 11.2. The lowest BCUT2D eigenvalue weighted by atomic mass is 10.1. The van der Waals surface area contributed by atoms with E-state index in [0.717, 1.165) is 28.6 Å². The second-order valence-corrected chi connectivity index (χ2v) is 6.89. The Bertz CT molecular complexity index is 723. The third kappa shape index (κ3) is 3.88. The van der Waals surface area contributed by atoms with Crippen molar-refractivity contribution in [1.82, 2.24) is 9.88 Å². The maximum atomic E-state index is 9.25. The molecule has 1 aromatic heterocycles. The molecule has 0 unspecified atom stereocenters. The fourth-order valence-corrected chi connectivity index (χ4v) is 3.22. The van der Waals surface area contributed by atoms with Crippen molar-refractivity contribution in [3.8, 4) is 22.4 Å². The summed E-state index contributed by atoms with van der Waals surface area (Å²) in [4.78, 5) is 7.77. The molecule has 3 rings (SSSR count). The molecule has 0 bridgehead atoms. The predicted molar refractivity (Wildman–Crippen MR) is 89.7 cm³/mol. The molecule has 0 spiro atoms. The first-order valence-electron chi connectivity index (χ1n) is 7.54. The van der Waals surface area contributed by atoms with Crippen molar-refractivity contribution < 1.29 is 9.47 Å². The SMILES string of the molecule is Cc1cnc(-c2cc(C#N)cc(OC[C@H]3COCCN3C)c2)s1. The van der Waals surface area contributed by atoms with E-state index >= 15 is 0 Å². The molecule has 0 aliphatic carbocycles. The van der Waals surface area contributed by atoms with Crippen LogP contribution in [0.4, 0.5) is 0 Å². The van der Waals surface area contributed by atoms with Gasteiger partial charge in [-0.25, -0.2) is 4.98 Å². The predicted octanol–water partition coefficient (Wildman–Crippen LogP) is 2.70. The van der Waals surface area contributed by atoms with Gasteiger partial charge in [-0.1, -0.05) is 0 Å². The van der Waals surface area contributed by atoms with Gasteiger partial charge in [-0.3, -0.25) is 4.90 Å². The van der Waals surface area contributed by atoms with Crippen LogP contribution >= 0.6 is 11.3 Å². The van der Waals surface area contributed by atoms with Crippen molar-refractivity contribution >= 4 is 11.3 Å². The zero-order valence-corrected chi connectivity index (χ0v) is 14.1. The molecule has 1 saturated heterocycles. The Hall–Kier alpha value is -1.94. The third-order valence-electron chi connectivity index (χ3n) is 3.87. The number of morpholine rings is 1. The molecule has 0 amide bonds. The first-order valence-corrected chi connectivity index (χ1v) is 8.36. The maximum Gasteiger partial charge on any atom is 0.123 e. The Morgan fingerprint density at radius 2 is 2.35 bits per heavy atom. The van der Waals surface area contributed by atoms with Crippen LogP contribution in [0.3, 0.4) is 0 Å². The minimum atomic E-state index is 0.236. The number of hydrogen-bond acceptors (Lipinski definition) is 6. The summed E-state index contributed by atoms with van der Waals surface area (Å²) in [6.07, 6.45) is 1.84. The van der Waals surface area contributed by atoms with Crippen LogP contribution in [-0.4, -0.2) is 49.3 Å². The zero-order valence-electron chi connectivity index (χ0n) is 13.3. The summed E-state index contributed by atoms with van der Waals surface area (Å²) in [7, 11) is 2.08. The lowest BCUT2D eigenvalue weighted by molar-refractivity contribution is -0.0108. The molecular formula is C17H19N3O2S. The van der Waals surface area contributed by atoms with E-state index < -0.39 is 0 Å². The Morgan fingerprint density at radius 3 is 3.04 bits per heavy atom. The van der Waals surface area contributed by atoms with E-state index in [1.807, 2.05) is 25.3 Å². The molecule has 1 fully saturated rings. The van der Waals surface area contributed by atoms with Gasteiger partial charge in [0.25, 0.3) is 0 Å². The average Bonchev–Trinajstić information content (AvgIpc) is 3.00. The minimum absolute atomic E-state index is 0.236. The Morgan fingerprint density at radius 1 is 1.48 bits per heavy atom. The molecule has 0 N–H and O–H groups in total. The van der Waals surface area contributed by atoms with E-state index in [2.05, 4.69) is 23.0 Å². The fraction of sp³-hybridized carbons (Fsp3) is 0.412. The maximum absolute atomic E-state index is 9.25. The molecule has 23 heavy (non-hydrogen) atoms. The van der Waals surface area contributed by atoms with Crippen molar-refractivity contribution in [2.75, 3.05) is 33.4 Å². The summed E-state index contributed by atoms with van der Waals surface area (Å²) in [5.41, 5.74) is 1.50. The van der Waals surface area contributed by atoms with Gasteiger partial charge in [0, 0.05) is 23.2 Å². The van der Waals surface area contributed by atoms with E-state index in [1.54, 1.807) is 17.4 Å². The van der Waals surface area contributed by atoms with Crippen LogP contribution in [0.5, 0.6) is 5.75 Å². The van der Waals surface area contributed by atoms with Crippen LogP contribution in [0.15, 0.2) is 24.4 Å². The number of ether oxygens (including phenoxy) is 2. The molecule has 1 aliphatic heterocycles. The number of likely N-dealkylation sites (N-methyl/N-ethyl adjacent to an activating group) is 1. The molecule has 6 heteroatoms. The molecule has 2 heterocycles. The summed E-state index contributed by atoms with van der Waals surface area (Å²) in [5.74, 6) is 0.700. The highest BCUT2D eigenvalue weighted by Gasteiger charge is 2.20. The number of nitrogens with zero attached hydrogens (tertiary/aromatic N) is 3. The van der Waals surface area contributed by atoms with Crippen molar-refractivity contribution in [2.24, 2.45) is 0 Å². The molecule has 1 aromatic carbocycles. The molecular weight excluding hydrogens is 310 g/mol. The van der Waals surface area contributed by atoms with Crippen LogP contribution in [-0.2, 0) is 4.74 Å². The van der Waals surface area contributed by atoms with Crippen LogP contribution in [0.2, 0.25) is 0 Å². The number of nitriles is 1. The first kappa shape index (κ1) is 15.9. The monoisotopic (exact) mass is 329 g/mol. The van der Waals surface area contributed by atoms with Gasteiger partial charge in [-0.15, -0.1) is 11.3 Å². The van der Waals surface area contributed by atoms with Gasteiger partial charge in [0.1, 0.15) is 17.4 Å². The highest BCUT2D eigenvalue weighted by atomic mass is 32.1. The van der Waals surface area contributed by atoms with Gasteiger partial charge in [0.05, 0.1) is 30.9 Å². The number of benzene rings is 1. The third-order valence-corrected chi connectivity index (χ3v) is 4.83. The topological polar surface area (TPSA) is 58.4 Å². The normalized spacial score (nSPS) is 18.6. The molecule has 0 radical (unpaired) electrons. The van der Waals surface area contributed by atoms with Crippen LogP contribution in [0.1, 0.15) is 10.4 Å². The van der Waals surface area contributed by atoms with E-state index in [-0.39, 0.29) is 6.04 Å². The number of aryl methyl sites for hydroxylation is 1. The fourth-order valence-electron chi connectivity index (χ4n) is 2.46. The van der Waals surface area contributed by atoms with Crippen LogP contribution in [0, 0.1) is 18.3 Å². The van der Waals surface area contributed by atoms with Crippen molar-refractivity contribution in [1.29, 1.82) is 5.26 Å². The van der Waals surface area contributed by atoms with Gasteiger partial charge in [-0.05, 0) is 32.2 Å². The quantitative estimate of drug-likeness (QED) is 0.863. The molecule has 2 aromatic rings. The number of aromatic nitrogens is 1. The smallest absolute Gasteiger partial charge is 0.123 e. The lowest BCUT2D eigenvalue weighted by Crippen LogP contribution is -2.46. The van der Waals surface area contributed by atoms with E-state index in [1.165, 1.54) is 0 Å². The molecule has 1 atom stereocenters. The van der Waals surface area contributed by atoms with Crippen LogP contribution < -0.4 is 4.74 Å². The highest BCUT2D eigenvalue weighted by Crippen LogP contribution is 2.29. The minimum Gasteiger partial charge on any atom is -0.492 e. The molecule has 0 saturated carbocycles. The summed E-state index contributed by atoms with van der Waals surface area (Å²) in [5, 5.41) is 10.2. The molecule has 1 aliphatic rings. The molecule has 5 nitrogen and oxygen atoms in total. The van der Waals surface area contributed by atoms with E-state index in [0.29, 0.717) is 24.5 Å². The van der Waals surface area contributed by atoms with E-state index in [9.17, 15) is 5.26 Å². The average molecular weight is 329 g/mol. The number of hydrogen-bond donors (Lipinski definition) is 0. The highest BCUT2D eigenvalue weighted by molar-refractivity contribution is 7.14. The second-order valence-electron chi connectivity index (χ2n) is 5.65. The van der Waals surface area contributed by atoms with Gasteiger partial charge in [0.15, 0.2) is 0 Å². The van der Waals surface area contributed by atoms with Gasteiger partial charge >= 0.3 is 0 Å². The molecule has 120 valence electrons. The van der Waals surface area contributed by atoms with E-state index in [4.69, 9.17) is 9.47 Å². The summed E-state index contributed by atoms with van der Waals surface area (Å²) in [6.45, 7) is 4.92. The van der Waals surface area contributed by atoms with Gasteiger partial charge < -0.3 is 9.47 Å². The van der Waals surface area contributed by atoms with Gasteiger partial charge in [0.2, 0.25) is 0 Å². The number of thiazole rings is 1. The Balaban J connectivity index is 1.77. The number of rotatable bonds is 4.